The Balaban J connectivity index is 0.000000178. The fourth-order valence-electron chi connectivity index (χ4n) is 17.1. The van der Waals surface area contributed by atoms with Gasteiger partial charge in [0.1, 0.15) is 49.6 Å². The van der Waals surface area contributed by atoms with Crippen LogP contribution in [-0.4, -0.2) is 191 Å². The van der Waals surface area contributed by atoms with Crippen LogP contribution >= 0.6 is 0 Å². The van der Waals surface area contributed by atoms with E-state index >= 15 is 0 Å². The number of anilines is 4. The first kappa shape index (κ1) is 108. The highest BCUT2D eigenvalue weighted by molar-refractivity contribution is 7.59. The number of ether oxygens (including phenoxy) is 4. The summed E-state index contributed by atoms with van der Waals surface area (Å²) in [5.74, 6) is -9.19. The molecule has 144 heavy (non-hydrogen) atoms. The molecule has 8 atom stereocenters. The number of carbonyl (C=O) groups excluding carboxylic acids is 20. The van der Waals surface area contributed by atoms with Crippen molar-refractivity contribution in [3.05, 3.63) is 214 Å². The highest BCUT2D eigenvalue weighted by Gasteiger charge is 2.42. The van der Waals surface area contributed by atoms with Crippen LogP contribution in [-0.2, 0) is 136 Å². The summed E-state index contributed by atoms with van der Waals surface area (Å²) in [4.78, 5) is 256. The molecule has 12 amide bonds. The Bertz CT molecular complexity index is 5940. The maximum atomic E-state index is 12.5. The predicted molar refractivity (Wildman–Crippen MR) is 501 cm³/mol. The third-order valence-electron chi connectivity index (χ3n) is 23.6. The first-order chi connectivity index (χ1) is 68.4. The van der Waals surface area contributed by atoms with E-state index in [0.717, 1.165) is 89.0 Å². The number of imide groups is 4. The van der Waals surface area contributed by atoms with Crippen LogP contribution in [0.4, 0.5) is 41.9 Å². The minimum Gasteiger partial charge on any atom is -0.432 e. The SMILES string of the molecule is CC(=O)CC(C)C(=O)Nc1ccc2c(c1)C(COC(=O)ON1C(=O)CCC1=O)c1ccccc1-2.CC(=O)CC(C)C(=O)Nc1ccc2c(c1)C(COC(=O)ON1C(=O)CCC1=O)c1ccccc1-2.CC(=O)CC(C)C(=O)Nc1ccc2c(c1)C(COC(=O)ON1C(=O)CCC1=O)c1ccccc1-2.CC(=O)CC(C)C(=O)Nc1ccc2c(c1)C(COC(=O)ON1C(=O)CCC1=O)c1ccccc1-2.O=S(=O)=O.O=S(=O)=O. The van der Waals surface area contributed by atoms with Gasteiger partial charge in [-0.1, -0.05) is 169 Å². The molecule has 4 aliphatic heterocycles. The summed E-state index contributed by atoms with van der Waals surface area (Å²) in [6.07, 6.45) is -3.98. The van der Waals surface area contributed by atoms with Crippen LogP contribution in [0.3, 0.4) is 0 Å². The topological polar surface area (TPSA) is 579 Å². The number of carbonyl (C=O) groups is 20. The van der Waals surface area contributed by atoms with E-state index in [1.807, 2.05) is 146 Å². The lowest BCUT2D eigenvalue weighted by molar-refractivity contribution is -0.177. The minimum atomic E-state index is -3.11. The summed E-state index contributed by atoms with van der Waals surface area (Å²) in [7, 11) is -6.22. The van der Waals surface area contributed by atoms with Crippen molar-refractivity contribution in [1.29, 1.82) is 0 Å². The lowest BCUT2D eigenvalue weighted by atomic mass is 9.97. The van der Waals surface area contributed by atoms with E-state index in [4.69, 9.17) is 63.6 Å². The maximum absolute atomic E-state index is 12.5. The van der Waals surface area contributed by atoms with Crippen LogP contribution in [0.2, 0.25) is 0 Å². The maximum Gasteiger partial charge on any atom is 0.533 e. The second-order valence-corrected chi connectivity index (χ2v) is 35.1. The molecule has 0 bridgehead atoms. The van der Waals surface area contributed by atoms with Crippen LogP contribution in [0.1, 0.15) is 201 Å². The Morgan fingerprint density at radius 1 is 0.264 bits per heavy atom. The van der Waals surface area contributed by atoms with Crippen LogP contribution in [0.5, 0.6) is 0 Å². The molecule has 0 saturated carbocycles. The van der Waals surface area contributed by atoms with Crippen LogP contribution in [0, 0.1) is 23.7 Å². The lowest BCUT2D eigenvalue weighted by Crippen LogP contribution is -2.32. The van der Waals surface area contributed by atoms with E-state index < -0.39 is 117 Å². The molecule has 8 unspecified atom stereocenters. The standard InChI is InChI=1S/4C25H24N2O7.2O3S/c4*1-14(11-15(2)28)24(31)26-16-7-8-19-17-5-3-4-6-18(17)21(20(19)12-16)13-33-25(32)34-27-22(29)9-10-23(27)30;2*1-4(2)3/h4*3-8,12,14,21H,9-11,13H2,1-2H3,(H,26,31);;. The van der Waals surface area contributed by atoms with Crippen molar-refractivity contribution in [3.8, 4) is 44.5 Å². The van der Waals surface area contributed by atoms with E-state index in [1.54, 1.807) is 52.0 Å². The van der Waals surface area contributed by atoms with Gasteiger partial charge < -0.3 is 59.4 Å². The molecular formula is C100H96N8O34S2. The van der Waals surface area contributed by atoms with Crippen LogP contribution in [0.15, 0.2) is 170 Å². The van der Waals surface area contributed by atoms with Gasteiger partial charge >= 0.3 is 45.8 Å². The number of nitrogens with one attached hydrogen (secondary N) is 4. The van der Waals surface area contributed by atoms with Gasteiger partial charge in [0.15, 0.2) is 0 Å². The van der Waals surface area contributed by atoms with Gasteiger partial charge in [0, 0.05) is 147 Å². The first-order valence-corrected chi connectivity index (χ1v) is 46.9. The van der Waals surface area contributed by atoms with Gasteiger partial charge in [0.25, 0.3) is 47.3 Å². The monoisotopic (exact) mass is 2020 g/mol. The number of ketones is 4. The second kappa shape index (κ2) is 48.9. The van der Waals surface area contributed by atoms with Gasteiger partial charge in [-0.3, -0.25) is 76.9 Å². The van der Waals surface area contributed by atoms with Gasteiger partial charge in [-0.2, -0.15) is 0 Å². The van der Waals surface area contributed by atoms with Gasteiger partial charge in [0.05, 0.1) is 0 Å². The van der Waals surface area contributed by atoms with E-state index in [1.165, 1.54) is 27.7 Å². The number of fused-ring (bicyclic) bond motifs is 12. The van der Waals surface area contributed by atoms with E-state index in [-0.39, 0.29) is 174 Å². The Morgan fingerprint density at radius 3 is 0.590 bits per heavy atom. The van der Waals surface area contributed by atoms with E-state index in [2.05, 4.69) is 21.3 Å². The van der Waals surface area contributed by atoms with Crippen molar-refractivity contribution in [3.63, 3.8) is 0 Å². The first-order valence-electron chi connectivity index (χ1n) is 44.9. The molecule has 8 aromatic carbocycles. The Labute approximate surface area is 824 Å². The highest BCUT2D eigenvalue weighted by atomic mass is 32.2. The Kier molecular flexibility index (Phi) is 36.5. The number of Topliss-reactive ketones (excluding diaryl/α,β-unsaturated/α-hetero) is 4. The number of benzene rings is 8. The summed E-state index contributed by atoms with van der Waals surface area (Å²) in [5.41, 5.74) is 17.1. The molecule has 0 radical (unpaired) electrons. The summed E-state index contributed by atoms with van der Waals surface area (Å²) in [6, 6.07) is 52.7. The van der Waals surface area contributed by atoms with Gasteiger partial charge in [-0.05, 0) is 165 Å². The zero-order chi connectivity index (χ0) is 105. The molecular weight excluding hydrogens is 1920 g/mol. The zero-order valence-electron chi connectivity index (χ0n) is 78.6. The number of hydrogen-bond acceptors (Lipinski definition) is 34. The van der Waals surface area contributed by atoms with Crippen molar-refractivity contribution >= 4 is 163 Å². The van der Waals surface area contributed by atoms with Crippen molar-refractivity contribution < 1.29 is 159 Å². The molecule has 4 aliphatic carbocycles. The van der Waals surface area contributed by atoms with Crippen molar-refractivity contribution in [2.45, 2.75) is 156 Å². The number of nitrogens with zero attached hydrogens (tertiary/aromatic N) is 4. The summed E-state index contributed by atoms with van der Waals surface area (Å²) in [6.45, 7) is 12.2. The van der Waals surface area contributed by atoms with Crippen molar-refractivity contribution in [1.82, 2.24) is 20.3 Å². The molecule has 4 saturated heterocycles. The number of hydroxylamine groups is 8. The van der Waals surface area contributed by atoms with Crippen molar-refractivity contribution in [2.75, 3.05) is 47.7 Å². The second-order valence-electron chi connectivity index (χ2n) is 34.3. The van der Waals surface area contributed by atoms with E-state index in [0.29, 0.717) is 43.0 Å². The average molecular weight is 2020 g/mol. The summed E-state index contributed by atoms with van der Waals surface area (Å²) >= 11 is 0. The number of amides is 12. The van der Waals surface area contributed by atoms with Crippen molar-refractivity contribution in [2.24, 2.45) is 23.7 Å². The molecule has 8 aromatic rings. The zero-order valence-corrected chi connectivity index (χ0v) is 80.2. The van der Waals surface area contributed by atoms with Gasteiger partial charge in [-0.15, -0.1) is 25.3 Å². The fourth-order valence-corrected chi connectivity index (χ4v) is 17.1. The summed E-state index contributed by atoms with van der Waals surface area (Å²) < 4.78 is 71.7. The Morgan fingerprint density at radius 2 is 0.424 bits per heavy atom. The predicted octanol–water partition coefficient (Wildman–Crippen LogP) is 12.3. The molecule has 42 nitrogen and oxygen atoms in total. The largest absolute Gasteiger partial charge is 0.533 e. The molecule has 44 heteroatoms. The lowest BCUT2D eigenvalue weighted by Gasteiger charge is -2.17. The molecule has 752 valence electrons. The normalized spacial score (nSPS) is 16.5. The molecule has 4 heterocycles. The fraction of sp³-hybridized carbons (Fsp3) is 0.320. The number of rotatable bonds is 28. The number of hydrogen-bond donors (Lipinski definition) is 4. The summed E-state index contributed by atoms with van der Waals surface area (Å²) in [5, 5.41) is 13.1. The average Bonchev–Trinajstić information content (AvgIpc) is 1.62. The van der Waals surface area contributed by atoms with E-state index in [9.17, 15) is 95.9 Å². The molecule has 4 N–H and O–H groups in total. The Hall–Kier alpha value is -16.8. The minimum absolute atomic E-state index is 0.00494. The molecule has 0 spiro atoms. The van der Waals surface area contributed by atoms with Gasteiger partial charge in [-0.25, -0.2) is 19.2 Å². The molecule has 4 fully saturated rings. The third kappa shape index (κ3) is 27.9. The smallest absolute Gasteiger partial charge is 0.432 e. The molecule has 8 aliphatic rings. The third-order valence-corrected chi connectivity index (χ3v) is 23.6. The van der Waals surface area contributed by atoms with Crippen LogP contribution < -0.4 is 21.3 Å². The quantitative estimate of drug-likeness (QED) is 0.0201. The van der Waals surface area contributed by atoms with Crippen LogP contribution in [0.25, 0.3) is 44.5 Å². The molecule has 16 rings (SSSR count). The highest BCUT2D eigenvalue weighted by Crippen LogP contribution is 2.51. The molecule has 0 aromatic heterocycles. The van der Waals surface area contributed by atoms with Gasteiger partial charge in [0.2, 0.25) is 23.6 Å².